The van der Waals surface area contributed by atoms with Gasteiger partial charge in [0, 0.05) is 13.0 Å². The first-order valence-electron chi connectivity index (χ1n) is 22.0. The number of nitrogens with zero attached hydrogens (tertiary/aromatic N) is 1. The van der Waals surface area contributed by atoms with Crippen LogP contribution in [0.4, 0.5) is 0 Å². The molecule has 0 heterocycles. The van der Waals surface area contributed by atoms with Gasteiger partial charge < -0.3 is 18.9 Å². The number of quaternary nitrogens is 1. The zero-order valence-electron chi connectivity index (χ0n) is 36.1. The summed E-state index contributed by atoms with van der Waals surface area (Å²) >= 11 is 0. The van der Waals surface area contributed by atoms with Gasteiger partial charge in [0.05, 0.1) is 34.4 Å². The number of likely N-dealkylation sites (N-methyl/N-ethyl adjacent to an activating group) is 1. The number of rotatable bonds is 40. The lowest BCUT2D eigenvalue weighted by Gasteiger charge is -2.24. The molecule has 0 bridgehead atoms. The van der Waals surface area contributed by atoms with Gasteiger partial charge in [-0.1, -0.05) is 164 Å². The van der Waals surface area contributed by atoms with Gasteiger partial charge in [-0.05, 0) is 57.8 Å². The minimum atomic E-state index is -4.29. The van der Waals surface area contributed by atoms with Gasteiger partial charge in [0.25, 0.3) is 0 Å². The van der Waals surface area contributed by atoms with Crippen molar-refractivity contribution in [2.45, 2.75) is 174 Å². The van der Waals surface area contributed by atoms with E-state index < -0.39 is 13.9 Å². The molecule has 1 N–H and O–H groups in total. The molecular weight excluding hydrogens is 709 g/mol. The third-order valence-electron chi connectivity index (χ3n) is 9.09. The Kier molecular flexibility index (Phi) is 37.8. The highest BCUT2D eigenvalue weighted by atomic mass is 31.2. The standard InChI is InChI=1S/C46H84NO7P/c1-6-8-10-12-14-16-18-20-22-23-24-26-28-30-32-34-36-38-41-51-43-45(44-53-55(49,50)52-42-40-47(3,4)5)54-46(48)39-37-35-33-31-29-27-25-21-19-17-15-13-11-9-7-2/h8,10,14,16,20,22,24,26,30,32,45H,6-7,9,11-13,15,17-19,21,23,25,27-29,31,33-44H2,1-5H3/p+1/b10-8-,16-14-,22-20-,26-24-,32-30-. The second-order valence-corrected chi connectivity index (χ2v) is 17.2. The summed E-state index contributed by atoms with van der Waals surface area (Å²) in [4.78, 5) is 22.9. The molecule has 0 aliphatic heterocycles. The molecule has 0 fully saturated rings. The molecule has 0 aromatic heterocycles. The van der Waals surface area contributed by atoms with Crippen molar-refractivity contribution in [1.82, 2.24) is 0 Å². The van der Waals surface area contributed by atoms with Gasteiger partial charge in [0.15, 0.2) is 0 Å². The summed E-state index contributed by atoms with van der Waals surface area (Å²) in [6.45, 7) is 5.39. The van der Waals surface area contributed by atoms with E-state index in [0.717, 1.165) is 70.6 Å². The Bertz CT molecular complexity index is 1060. The van der Waals surface area contributed by atoms with Crippen LogP contribution >= 0.6 is 7.82 Å². The topological polar surface area (TPSA) is 91.3 Å². The Labute approximate surface area is 339 Å². The molecule has 8 nitrogen and oxygen atoms in total. The van der Waals surface area contributed by atoms with Crippen LogP contribution in [0.3, 0.4) is 0 Å². The molecule has 0 rings (SSSR count). The molecule has 0 amide bonds. The van der Waals surface area contributed by atoms with E-state index in [0.29, 0.717) is 24.1 Å². The van der Waals surface area contributed by atoms with Crippen molar-refractivity contribution in [2.75, 3.05) is 54.1 Å². The van der Waals surface area contributed by atoms with Crippen molar-refractivity contribution < 1.29 is 37.3 Å². The van der Waals surface area contributed by atoms with Gasteiger partial charge in [0.1, 0.15) is 19.3 Å². The fraction of sp³-hybridized carbons (Fsp3) is 0.761. The molecule has 2 unspecified atom stereocenters. The number of carbonyl (C=O) groups excluding carboxylic acids is 1. The first-order valence-corrected chi connectivity index (χ1v) is 23.5. The molecule has 0 radical (unpaired) electrons. The molecule has 0 saturated heterocycles. The number of phosphoric ester groups is 1. The number of unbranched alkanes of at least 4 members (excludes halogenated alkanes) is 16. The molecule has 0 aliphatic carbocycles. The average Bonchev–Trinajstić information content (AvgIpc) is 3.13. The second kappa shape index (κ2) is 39.0. The van der Waals surface area contributed by atoms with Crippen molar-refractivity contribution >= 4 is 13.8 Å². The van der Waals surface area contributed by atoms with Crippen molar-refractivity contribution in [2.24, 2.45) is 0 Å². The summed E-state index contributed by atoms with van der Waals surface area (Å²) in [6, 6.07) is 0. The SMILES string of the molecule is CC/C=C\C/C=C\C/C=C\C/C=C\C/C=C\CCCCOCC(COP(=O)(O)OCC[N+](C)(C)C)OC(=O)CCCCCCCCCCCCCCCCC. The third kappa shape index (κ3) is 43.2. The molecule has 0 aromatic rings. The zero-order valence-corrected chi connectivity index (χ0v) is 37.0. The first-order chi connectivity index (χ1) is 26.6. The highest BCUT2D eigenvalue weighted by molar-refractivity contribution is 7.47. The first kappa shape index (κ1) is 53.2. The summed E-state index contributed by atoms with van der Waals surface area (Å²) in [5.74, 6) is -0.330. The normalized spacial score (nSPS) is 14.4. The number of ether oxygens (including phenoxy) is 2. The van der Waals surface area contributed by atoms with Gasteiger partial charge >= 0.3 is 13.8 Å². The van der Waals surface area contributed by atoms with E-state index in [1.54, 1.807) is 0 Å². The predicted octanol–water partition coefficient (Wildman–Crippen LogP) is 12.9. The van der Waals surface area contributed by atoms with E-state index in [1.165, 1.54) is 77.0 Å². The van der Waals surface area contributed by atoms with E-state index in [9.17, 15) is 14.3 Å². The molecule has 9 heteroatoms. The highest BCUT2D eigenvalue weighted by Crippen LogP contribution is 2.43. The van der Waals surface area contributed by atoms with Crippen LogP contribution in [-0.4, -0.2) is 75.6 Å². The van der Waals surface area contributed by atoms with Crippen LogP contribution in [0.15, 0.2) is 60.8 Å². The predicted molar refractivity (Wildman–Crippen MR) is 233 cm³/mol. The fourth-order valence-corrected chi connectivity index (χ4v) is 6.44. The summed E-state index contributed by atoms with van der Waals surface area (Å²) in [5, 5.41) is 0. The van der Waals surface area contributed by atoms with Crippen LogP contribution in [0.1, 0.15) is 168 Å². The number of hydrogen-bond donors (Lipinski definition) is 1. The number of esters is 1. The van der Waals surface area contributed by atoms with Gasteiger partial charge in [-0.3, -0.25) is 13.8 Å². The van der Waals surface area contributed by atoms with E-state index in [4.69, 9.17) is 18.5 Å². The summed E-state index contributed by atoms with van der Waals surface area (Å²) < 4.78 is 34.9. The van der Waals surface area contributed by atoms with Crippen LogP contribution in [0.25, 0.3) is 0 Å². The molecule has 320 valence electrons. The van der Waals surface area contributed by atoms with Crippen molar-refractivity contribution in [3.05, 3.63) is 60.8 Å². The molecule has 0 aliphatic rings. The maximum absolute atomic E-state index is 12.7. The van der Waals surface area contributed by atoms with Crippen LogP contribution in [0, 0.1) is 0 Å². The fourth-order valence-electron chi connectivity index (χ4n) is 5.70. The number of hydrogen-bond acceptors (Lipinski definition) is 6. The van der Waals surface area contributed by atoms with Crippen LogP contribution in [0.5, 0.6) is 0 Å². The minimum absolute atomic E-state index is 0.0787. The zero-order chi connectivity index (χ0) is 40.6. The Balaban J connectivity index is 4.32. The largest absolute Gasteiger partial charge is 0.472 e. The Morgan fingerprint density at radius 3 is 1.55 bits per heavy atom. The monoisotopic (exact) mass is 795 g/mol. The van der Waals surface area contributed by atoms with E-state index in [-0.39, 0.29) is 25.8 Å². The molecule has 0 saturated carbocycles. The van der Waals surface area contributed by atoms with Crippen molar-refractivity contribution in [3.8, 4) is 0 Å². The summed E-state index contributed by atoms with van der Waals surface area (Å²) in [7, 11) is 1.63. The Morgan fingerprint density at radius 2 is 1.05 bits per heavy atom. The number of phosphoric acid groups is 1. The van der Waals surface area contributed by atoms with E-state index in [2.05, 4.69) is 74.6 Å². The lowest BCUT2D eigenvalue weighted by molar-refractivity contribution is -0.870. The lowest BCUT2D eigenvalue weighted by atomic mass is 10.0. The number of allylic oxidation sites excluding steroid dienone is 10. The van der Waals surface area contributed by atoms with E-state index >= 15 is 0 Å². The average molecular weight is 795 g/mol. The summed E-state index contributed by atoms with van der Waals surface area (Å²) in [6.07, 6.45) is 48.3. The number of carbonyl (C=O) groups is 1. The molecular formula is C46H85NO7P+. The van der Waals surface area contributed by atoms with Gasteiger partial charge in [-0.15, -0.1) is 0 Å². The van der Waals surface area contributed by atoms with Gasteiger partial charge in [0.2, 0.25) is 0 Å². The maximum Gasteiger partial charge on any atom is 0.472 e. The van der Waals surface area contributed by atoms with Gasteiger partial charge in [-0.25, -0.2) is 4.57 Å². The lowest BCUT2D eigenvalue weighted by Crippen LogP contribution is -2.37. The van der Waals surface area contributed by atoms with Crippen LogP contribution in [0.2, 0.25) is 0 Å². The van der Waals surface area contributed by atoms with Crippen LogP contribution in [-0.2, 0) is 27.9 Å². The smallest absolute Gasteiger partial charge is 0.457 e. The highest BCUT2D eigenvalue weighted by Gasteiger charge is 2.26. The van der Waals surface area contributed by atoms with Crippen molar-refractivity contribution in [1.29, 1.82) is 0 Å². The summed E-state index contributed by atoms with van der Waals surface area (Å²) in [5.41, 5.74) is 0. The third-order valence-corrected chi connectivity index (χ3v) is 10.1. The van der Waals surface area contributed by atoms with E-state index in [1.807, 2.05) is 21.1 Å². The Morgan fingerprint density at radius 1 is 0.582 bits per heavy atom. The Hall–Kier alpha value is -1.80. The molecule has 2 atom stereocenters. The molecule has 0 spiro atoms. The second-order valence-electron chi connectivity index (χ2n) is 15.7. The quantitative estimate of drug-likeness (QED) is 0.0217. The van der Waals surface area contributed by atoms with Crippen LogP contribution < -0.4 is 0 Å². The van der Waals surface area contributed by atoms with Crippen molar-refractivity contribution in [3.63, 3.8) is 0 Å². The molecule has 0 aromatic carbocycles. The van der Waals surface area contributed by atoms with Gasteiger partial charge in [-0.2, -0.15) is 0 Å². The minimum Gasteiger partial charge on any atom is -0.457 e. The molecule has 55 heavy (non-hydrogen) atoms. The maximum atomic E-state index is 12.7.